The summed E-state index contributed by atoms with van der Waals surface area (Å²) in [6.07, 6.45) is 1.65. The minimum absolute atomic E-state index is 0.0523. The fraction of sp³-hybridized carbons (Fsp3) is 0.438. The van der Waals surface area contributed by atoms with Crippen LogP contribution in [0.1, 0.15) is 49.9 Å². The lowest BCUT2D eigenvalue weighted by atomic mass is 10.2. The van der Waals surface area contributed by atoms with Crippen LogP contribution in [0.15, 0.2) is 22.7 Å². The Morgan fingerprint density at radius 3 is 2.82 bits per heavy atom. The molecule has 5 nitrogen and oxygen atoms in total. The van der Waals surface area contributed by atoms with Gasteiger partial charge in [-0.15, -0.1) is 0 Å². The fourth-order valence-corrected chi connectivity index (χ4v) is 2.08. The molecule has 2 aromatic rings. The topological polar surface area (TPSA) is 68.0 Å². The average Bonchev–Trinajstić information content (AvgIpc) is 2.92. The normalized spacial score (nSPS) is 11.0. The summed E-state index contributed by atoms with van der Waals surface area (Å²) in [6.45, 7) is 5.94. The summed E-state index contributed by atoms with van der Waals surface area (Å²) in [6, 6.07) is 5.47. The number of nitrogens with zero attached hydrogens (tertiary/aromatic N) is 2. The first-order valence-electron chi connectivity index (χ1n) is 7.34. The highest BCUT2D eigenvalue weighted by Crippen LogP contribution is 2.20. The van der Waals surface area contributed by atoms with Crippen molar-refractivity contribution in [2.24, 2.45) is 0 Å². The number of amides is 1. The van der Waals surface area contributed by atoms with Gasteiger partial charge in [-0.25, -0.2) is 0 Å². The molecule has 6 heteroatoms. The number of halogens is 1. The summed E-state index contributed by atoms with van der Waals surface area (Å²) in [5.74, 6) is 1.47. The molecule has 0 unspecified atom stereocenters. The predicted octanol–water partition coefficient (Wildman–Crippen LogP) is 4.12. The first-order valence-corrected chi connectivity index (χ1v) is 7.72. The lowest BCUT2D eigenvalue weighted by molar-refractivity contribution is -0.116. The van der Waals surface area contributed by atoms with Gasteiger partial charge in [-0.3, -0.25) is 4.79 Å². The number of aromatic nitrogens is 2. The van der Waals surface area contributed by atoms with Crippen molar-refractivity contribution >= 4 is 23.2 Å². The molecule has 118 valence electrons. The molecule has 1 heterocycles. The van der Waals surface area contributed by atoms with Gasteiger partial charge in [-0.1, -0.05) is 36.7 Å². The molecule has 0 atom stereocenters. The molecule has 0 radical (unpaired) electrons. The number of nitrogens with one attached hydrogen (secondary N) is 1. The maximum atomic E-state index is 11.9. The Kier molecular flexibility index (Phi) is 5.55. The molecule has 1 aromatic heterocycles. The van der Waals surface area contributed by atoms with E-state index in [2.05, 4.69) is 15.5 Å². The van der Waals surface area contributed by atoms with E-state index in [4.69, 9.17) is 16.1 Å². The van der Waals surface area contributed by atoms with E-state index in [9.17, 15) is 4.79 Å². The zero-order valence-corrected chi connectivity index (χ0v) is 13.8. The molecular formula is C16H20ClN3O2. The number of rotatable bonds is 6. The number of benzene rings is 1. The molecule has 0 fully saturated rings. The second-order valence-electron chi connectivity index (χ2n) is 5.57. The number of anilines is 1. The second kappa shape index (κ2) is 7.40. The number of carbonyl (C=O) groups excluding carboxylic acids is 1. The van der Waals surface area contributed by atoms with Gasteiger partial charge in [0.1, 0.15) is 0 Å². The molecule has 0 bridgehead atoms. The average molecular weight is 322 g/mol. The summed E-state index contributed by atoms with van der Waals surface area (Å²) in [5.41, 5.74) is 1.69. The molecular weight excluding hydrogens is 302 g/mol. The van der Waals surface area contributed by atoms with Gasteiger partial charge in [0.2, 0.25) is 11.8 Å². The quantitative estimate of drug-likeness (QED) is 0.869. The van der Waals surface area contributed by atoms with E-state index in [1.165, 1.54) is 0 Å². The maximum Gasteiger partial charge on any atom is 0.226 e. The third-order valence-electron chi connectivity index (χ3n) is 3.25. The van der Waals surface area contributed by atoms with Gasteiger partial charge in [0.25, 0.3) is 0 Å². The summed E-state index contributed by atoms with van der Waals surface area (Å²) in [4.78, 5) is 16.2. The summed E-state index contributed by atoms with van der Waals surface area (Å²) >= 11 is 6.03. The fourth-order valence-electron chi connectivity index (χ4n) is 1.90. The van der Waals surface area contributed by atoms with E-state index in [1.807, 2.05) is 32.9 Å². The van der Waals surface area contributed by atoms with Crippen molar-refractivity contribution in [2.75, 3.05) is 5.32 Å². The monoisotopic (exact) mass is 321 g/mol. The Labute approximate surface area is 135 Å². The molecule has 2 rings (SSSR count). The van der Waals surface area contributed by atoms with E-state index < -0.39 is 0 Å². The second-order valence-corrected chi connectivity index (χ2v) is 5.97. The zero-order chi connectivity index (χ0) is 16.1. The van der Waals surface area contributed by atoms with Crippen LogP contribution in [-0.4, -0.2) is 16.0 Å². The van der Waals surface area contributed by atoms with Crippen molar-refractivity contribution in [1.82, 2.24) is 10.1 Å². The molecule has 1 N–H and O–H groups in total. The Morgan fingerprint density at radius 2 is 2.18 bits per heavy atom. The van der Waals surface area contributed by atoms with Gasteiger partial charge in [0.15, 0.2) is 5.82 Å². The Balaban J connectivity index is 1.78. The molecule has 0 saturated heterocycles. The van der Waals surface area contributed by atoms with Gasteiger partial charge >= 0.3 is 0 Å². The highest BCUT2D eigenvalue weighted by molar-refractivity contribution is 6.31. The van der Waals surface area contributed by atoms with Crippen molar-refractivity contribution in [3.63, 3.8) is 0 Å². The van der Waals surface area contributed by atoms with E-state index in [1.54, 1.807) is 6.07 Å². The van der Waals surface area contributed by atoms with Crippen LogP contribution >= 0.6 is 11.6 Å². The third-order valence-corrected chi connectivity index (χ3v) is 3.66. The van der Waals surface area contributed by atoms with Crippen LogP contribution < -0.4 is 5.32 Å². The Morgan fingerprint density at radius 1 is 1.41 bits per heavy atom. The van der Waals surface area contributed by atoms with E-state index in [0.717, 1.165) is 5.56 Å². The smallest absolute Gasteiger partial charge is 0.226 e. The first-order chi connectivity index (χ1) is 10.5. The van der Waals surface area contributed by atoms with Crippen molar-refractivity contribution < 1.29 is 9.32 Å². The number of hydrogen-bond acceptors (Lipinski definition) is 4. The van der Waals surface area contributed by atoms with Crippen LogP contribution in [0.2, 0.25) is 5.02 Å². The van der Waals surface area contributed by atoms with Crippen molar-refractivity contribution in [2.45, 2.75) is 46.0 Å². The standard InChI is InChI=1S/C16H20ClN3O2/c1-10(2)16-19-15(22-20-16)6-4-5-14(21)18-12-8-7-11(3)13(17)9-12/h7-10H,4-6H2,1-3H3,(H,18,21). The zero-order valence-electron chi connectivity index (χ0n) is 13.0. The highest BCUT2D eigenvalue weighted by atomic mass is 35.5. The van der Waals surface area contributed by atoms with Gasteiger partial charge < -0.3 is 9.84 Å². The van der Waals surface area contributed by atoms with Crippen LogP contribution in [-0.2, 0) is 11.2 Å². The highest BCUT2D eigenvalue weighted by Gasteiger charge is 2.10. The molecule has 1 amide bonds. The Hall–Kier alpha value is -1.88. The molecule has 0 spiro atoms. The van der Waals surface area contributed by atoms with Crippen LogP contribution in [0.3, 0.4) is 0 Å². The summed E-state index contributed by atoms with van der Waals surface area (Å²) < 4.78 is 5.14. The van der Waals surface area contributed by atoms with Gasteiger partial charge in [0.05, 0.1) is 0 Å². The number of hydrogen-bond donors (Lipinski definition) is 1. The van der Waals surface area contributed by atoms with Crippen LogP contribution in [0.5, 0.6) is 0 Å². The predicted molar refractivity (Wildman–Crippen MR) is 86.1 cm³/mol. The van der Waals surface area contributed by atoms with E-state index in [-0.39, 0.29) is 11.8 Å². The molecule has 0 aliphatic rings. The van der Waals surface area contributed by atoms with Crippen LogP contribution in [0, 0.1) is 6.92 Å². The lowest BCUT2D eigenvalue weighted by Gasteiger charge is -2.06. The third kappa shape index (κ3) is 4.56. The summed E-state index contributed by atoms with van der Waals surface area (Å²) in [7, 11) is 0. The van der Waals surface area contributed by atoms with Gasteiger partial charge in [-0.2, -0.15) is 4.98 Å². The van der Waals surface area contributed by atoms with Crippen LogP contribution in [0.4, 0.5) is 5.69 Å². The van der Waals surface area contributed by atoms with Crippen molar-refractivity contribution in [3.8, 4) is 0 Å². The lowest BCUT2D eigenvalue weighted by Crippen LogP contribution is -2.11. The maximum absolute atomic E-state index is 11.9. The number of carbonyl (C=O) groups is 1. The minimum atomic E-state index is -0.0523. The van der Waals surface area contributed by atoms with Gasteiger partial charge in [0, 0.05) is 29.5 Å². The van der Waals surface area contributed by atoms with Crippen molar-refractivity contribution in [3.05, 3.63) is 40.5 Å². The molecule has 22 heavy (non-hydrogen) atoms. The van der Waals surface area contributed by atoms with E-state index in [0.29, 0.717) is 41.7 Å². The van der Waals surface area contributed by atoms with Gasteiger partial charge in [-0.05, 0) is 31.0 Å². The minimum Gasteiger partial charge on any atom is -0.339 e. The van der Waals surface area contributed by atoms with Crippen LogP contribution in [0.25, 0.3) is 0 Å². The molecule has 0 saturated carbocycles. The molecule has 0 aliphatic carbocycles. The summed E-state index contributed by atoms with van der Waals surface area (Å²) in [5, 5.41) is 7.37. The Bertz CT molecular complexity index is 653. The van der Waals surface area contributed by atoms with E-state index >= 15 is 0 Å². The number of aryl methyl sites for hydroxylation is 2. The first kappa shape index (κ1) is 16.5. The SMILES string of the molecule is Cc1ccc(NC(=O)CCCc2nc(C(C)C)no2)cc1Cl. The largest absolute Gasteiger partial charge is 0.339 e. The van der Waals surface area contributed by atoms with Crippen molar-refractivity contribution in [1.29, 1.82) is 0 Å². The molecule has 0 aliphatic heterocycles. The molecule has 1 aromatic carbocycles.